The van der Waals surface area contributed by atoms with E-state index in [1.807, 2.05) is 0 Å². The van der Waals surface area contributed by atoms with E-state index in [-0.39, 0.29) is 13.2 Å². The Hall–Kier alpha value is -0.690. The third kappa shape index (κ3) is 5.41. The molecule has 0 aliphatic rings. The fourth-order valence-corrected chi connectivity index (χ4v) is 1.35. The van der Waals surface area contributed by atoms with Crippen LogP contribution in [-0.4, -0.2) is 73.8 Å². The molecule has 0 bridgehead atoms. The number of aliphatic hydroxyl groups is 2. The summed E-state index contributed by atoms with van der Waals surface area (Å²) in [6.45, 7) is 2.82. The van der Waals surface area contributed by atoms with Crippen molar-refractivity contribution in [2.45, 2.75) is 12.5 Å². The van der Waals surface area contributed by atoms with E-state index in [1.165, 1.54) is 14.0 Å². The molecule has 1 atom stereocenters. The van der Waals surface area contributed by atoms with Crippen molar-refractivity contribution < 1.29 is 24.5 Å². The Morgan fingerprint density at radius 1 is 1.38 bits per heavy atom. The zero-order valence-electron chi connectivity index (χ0n) is 10.1. The van der Waals surface area contributed by atoms with Gasteiger partial charge in [-0.05, 0) is 6.92 Å². The van der Waals surface area contributed by atoms with E-state index in [0.717, 1.165) is 0 Å². The molecule has 0 fully saturated rings. The molecule has 0 aliphatic carbocycles. The number of ether oxygens (including phenoxy) is 2. The summed E-state index contributed by atoms with van der Waals surface area (Å²) in [6, 6.07) is 0. The molecule has 0 heterocycles. The van der Waals surface area contributed by atoms with E-state index < -0.39 is 11.6 Å². The van der Waals surface area contributed by atoms with Crippen LogP contribution in [0.2, 0.25) is 0 Å². The maximum Gasteiger partial charge on any atom is 0.338 e. The number of hydrogen-bond donors (Lipinski definition) is 2. The third-order valence-electron chi connectivity index (χ3n) is 2.18. The molecule has 0 aromatic carbocycles. The van der Waals surface area contributed by atoms with Gasteiger partial charge in [0, 0.05) is 26.7 Å². The Bertz CT molecular complexity index is 207. The maximum absolute atomic E-state index is 11.3. The van der Waals surface area contributed by atoms with Crippen LogP contribution in [0.15, 0.2) is 0 Å². The van der Waals surface area contributed by atoms with Gasteiger partial charge in [-0.15, -0.1) is 0 Å². The molecule has 6 nitrogen and oxygen atoms in total. The topological polar surface area (TPSA) is 79.2 Å². The summed E-state index contributed by atoms with van der Waals surface area (Å²) < 4.78 is 9.39. The number of aliphatic hydroxyl groups excluding tert-OH is 1. The van der Waals surface area contributed by atoms with Crippen LogP contribution in [0.3, 0.4) is 0 Å². The van der Waals surface area contributed by atoms with Crippen LogP contribution in [0.4, 0.5) is 0 Å². The van der Waals surface area contributed by atoms with E-state index in [4.69, 9.17) is 9.84 Å². The van der Waals surface area contributed by atoms with Gasteiger partial charge in [-0.1, -0.05) is 0 Å². The van der Waals surface area contributed by atoms with Gasteiger partial charge >= 0.3 is 5.97 Å². The lowest BCUT2D eigenvalue weighted by atomic mass is 10.1. The van der Waals surface area contributed by atoms with Gasteiger partial charge in [0.2, 0.25) is 0 Å². The molecular weight excluding hydrogens is 214 g/mol. The molecule has 1 unspecified atom stereocenters. The molecule has 96 valence electrons. The minimum atomic E-state index is -1.57. The van der Waals surface area contributed by atoms with Crippen LogP contribution >= 0.6 is 0 Å². The standard InChI is InChI=1S/C10H21NO5/c1-10(14,9(13)16-3)8-11(4-6-12)5-7-15-2/h12,14H,4-8H2,1-3H3. The van der Waals surface area contributed by atoms with Gasteiger partial charge in [0.15, 0.2) is 5.60 Å². The number of carbonyl (C=O) groups is 1. The molecule has 6 heteroatoms. The normalized spacial score (nSPS) is 14.9. The Morgan fingerprint density at radius 2 is 2.00 bits per heavy atom. The van der Waals surface area contributed by atoms with Gasteiger partial charge in [-0.3, -0.25) is 4.90 Å². The second-order valence-electron chi connectivity index (χ2n) is 3.76. The average molecular weight is 235 g/mol. The predicted octanol–water partition coefficient (Wildman–Crippen LogP) is -1.15. The fraction of sp³-hybridized carbons (Fsp3) is 0.900. The van der Waals surface area contributed by atoms with Crippen LogP contribution in [0.1, 0.15) is 6.92 Å². The summed E-state index contributed by atoms with van der Waals surface area (Å²) in [6.07, 6.45) is 0. The van der Waals surface area contributed by atoms with Crippen molar-refractivity contribution in [3.8, 4) is 0 Å². The second-order valence-corrected chi connectivity index (χ2v) is 3.76. The van der Waals surface area contributed by atoms with Crippen LogP contribution < -0.4 is 0 Å². The number of methoxy groups -OCH3 is 2. The lowest BCUT2D eigenvalue weighted by Gasteiger charge is -2.28. The maximum atomic E-state index is 11.3. The van der Waals surface area contributed by atoms with Crippen molar-refractivity contribution in [3.63, 3.8) is 0 Å². The second kappa shape index (κ2) is 7.56. The first kappa shape index (κ1) is 15.3. The number of nitrogens with zero attached hydrogens (tertiary/aromatic N) is 1. The summed E-state index contributed by atoms with van der Waals surface area (Å²) in [7, 11) is 2.79. The van der Waals surface area contributed by atoms with E-state index in [9.17, 15) is 9.90 Å². The average Bonchev–Trinajstić information content (AvgIpc) is 2.24. The number of carbonyl (C=O) groups excluding carboxylic acids is 1. The zero-order chi connectivity index (χ0) is 12.6. The fourth-order valence-electron chi connectivity index (χ4n) is 1.35. The minimum Gasteiger partial charge on any atom is -0.467 e. The first-order valence-electron chi connectivity index (χ1n) is 5.11. The highest BCUT2D eigenvalue weighted by Gasteiger charge is 2.33. The van der Waals surface area contributed by atoms with Crippen LogP contribution in [-0.2, 0) is 14.3 Å². The third-order valence-corrected chi connectivity index (χ3v) is 2.18. The van der Waals surface area contributed by atoms with Crippen molar-refractivity contribution in [1.29, 1.82) is 0 Å². The van der Waals surface area contributed by atoms with E-state index in [2.05, 4.69) is 4.74 Å². The summed E-state index contributed by atoms with van der Waals surface area (Å²) in [5.41, 5.74) is -1.57. The molecule has 0 aliphatic heterocycles. The largest absolute Gasteiger partial charge is 0.467 e. The molecule has 0 amide bonds. The number of hydrogen-bond acceptors (Lipinski definition) is 6. The van der Waals surface area contributed by atoms with Gasteiger partial charge in [-0.2, -0.15) is 0 Å². The van der Waals surface area contributed by atoms with Gasteiger partial charge in [0.1, 0.15) is 0 Å². The van der Waals surface area contributed by atoms with Crippen molar-refractivity contribution in [1.82, 2.24) is 4.90 Å². The van der Waals surface area contributed by atoms with Crippen molar-refractivity contribution >= 4 is 5.97 Å². The van der Waals surface area contributed by atoms with E-state index in [1.54, 1.807) is 12.0 Å². The Balaban J connectivity index is 4.29. The molecular formula is C10H21NO5. The molecule has 2 N–H and O–H groups in total. The highest BCUT2D eigenvalue weighted by atomic mass is 16.5. The highest BCUT2D eigenvalue weighted by Crippen LogP contribution is 2.08. The van der Waals surface area contributed by atoms with E-state index in [0.29, 0.717) is 19.7 Å². The van der Waals surface area contributed by atoms with Gasteiger partial charge in [0.05, 0.1) is 20.3 Å². The highest BCUT2D eigenvalue weighted by molar-refractivity contribution is 5.78. The summed E-state index contributed by atoms with van der Waals surface area (Å²) in [5, 5.41) is 18.7. The molecule has 0 rings (SSSR count). The zero-order valence-corrected chi connectivity index (χ0v) is 10.1. The lowest BCUT2D eigenvalue weighted by molar-refractivity contribution is -0.162. The molecule has 0 saturated carbocycles. The number of rotatable bonds is 8. The summed E-state index contributed by atoms with van der Waals surface area (Å²) >= 11 is 0. The van der Waals surface area contributed by atoms with Gasteiger partial charge in [-0.25, -0.2) is 4.79 Å². The summed E-state index contributed by atoms with van der Waals surface area (Å²) in [5.74, 6) is -0.687. The van der Waals surface area contributed by atoms with Crippen LogP contribution in [0.25, 0.3) is 0 Å². The molecule has 0 aromatic heterocycles. The lowest BCUT2D eigenvalue weighted by Crippen LogP contribution is -2.48. The van der Waals surface area contributed by atoms with E-state index >= 15 is 0 Å². The minimum absolute atomic E-state index is 0.0407. The smallest absolute Gasteiger partial charge is 0.338 e. The van der Waals surface area contributed by atoms with Gasteiger partial charge < -0.3 is 19.7 Å². The molecule has 0 saturated heterocycles. The monoisotopic (exact) mass is 235 g/mol. The SMILES string of the molecule is COCCN(CCO)CC(C)(O)C(=O)OC. The first-order valence-corrected chi connectivity index (χ1v) is 5.11. The van der Waals surface area contributed by atoms with Crippen LogP contribution in [0.5, 0.6) is 0 Å². The predicted molar refractivity (Wildman–Crippen MR) is 58.0 cm³/mol. The van der Waals surface area contributed by atoms with Crippen molar-refractivity contribution in [2.75, 3.05) is 47.1 Å². The molecule has 0 aromatic rings. The van der Waals surface area contributed by atoms with Crippen molar-refractivity contribution in [3.05, 3.63) is 0 Å². The Morgan fingerprint density at radius 3 is 2.44 bits per heavy atom. The van der Waals surface area contributed by atoms with Gasteiger partial charge in [0.25, 0.3) is 0 Å². The quantitative estimate of drug-likeness (QED) is 0.517. The molecule has 0 spiro atoms. The number of esters is 1. The Labute approximate surface area is 95.8 Å². The molecule has 16 heavy (non-hydrogen) atoms. The van der Waals surface area contributed by atoms with Crippen molar-refractivity contribution in [2.24, 2.45) is 0 Å². The summed E-state index contributed by atoms with van der Waals surface area (Å²) in [4.78, 5) is 13.0. The first-order chi connectivity index (χ1) is 7.47. The Kier molecular flexibility index (Phi) is 7.24. The molecule has 0 radical (unpaired) electrons. The van der Waals surface area contributed by atoms with Crippen LogP contribution in [0, 0.1) is 0 Å².